The fraction of sp³-hybridized carbons (Fsp3) is 0.429. The molecule has 2 heterocycles. The molecule has 0 saturated heterocycles. The van der Waals surface area contributed by atoms with Gasteiger partial charge in [0.05, 0.1) is 17.8 Å². The normalized spacial score (nSPS) is 14.5. The van der Waals surface area contributed by atoms with Crippen molar-refractivity contribution in [1.29, 1.82) is 0 Å². The number of nitrogens with two attached hydrogens (primary N) is 1. The predicted octanol–water partition coefficient (Wildman–Crippen LogP) is 2.59. The summed E-state index contributed by atoms with van der Waals surface area (Å²) in [5.41, 5.74) is 7.75. The van der Waals surface area contributed by atoms with Crippen LogP contribution in [-0.4, -0.2) is 20.8 Å². The van der Waals surface area contributed by atoms with Gasteiger partial charge < -0.3 is 10.6 Å². The van der Waals surface area contributed by atoms with Gasteiger partial charge in [-0.3, -0.25) is 4.68 Å². The molecule has 1 fully saturated rings. The highest BCUT2D eigenvalue weighted by Gasteiger charge is 2.33. The number of nitrogens with zero attached hydrogens (tertiary/aromatic N) is 3. The first-order valence-corrected chi connectivity index (χ1v) is 7.99. The molecule has 1 saturated carbocycles. The van der Waals surface area contributed by atoms with Gasteiger partial charge in [-0.2, -0.15) is 5.10 Å². The summed E-state index contributed by atoms with van der Waals surface area (Å²) in [6, 6.07) is 4.85. The Balaban J connectivity index is 2.01. The Morgan fingerprint density at radius 3 is 2.90 bits per heavy atom. The molecule has 2 aromatic heterocycles. The lowest BCUT2D eigenvalue weighted by Gasteiger charge is -2.25. The van der Waals surface area contributed by atoms with E-state index in [4.69, 9.17) is 18.0 Å². The van der Waals surface area contributed by atoms with E-state index in [1.54, 1.807) is 11.3 Å². The van der Waals surface area contributed by atoms with Crippen molar-refractivity contribution in [3.63, 3.8) is 0 Å². The molecule has 0 atom stereocenters. The highest BCUT2D eigenvalue weighted by Crippen LogP contribution is 2.36. The second-order valence-electron chi connectivity index (χ2n) is 5.21. The van der Waals surface area contributed by atoms with Gasteiger partial charge in [0.15, 0.2) is 0 Å². The molecule has 4 nitrogen and oxygen atoms in total. The van der Waals surface area contributed by atoms with E-state index in [1.165, 1.54) is 17.7 Å². The molecule has 0 aromatic carbocycles. The topological polar surface area (TPSA) is 47.1 Å². The van der Waals surface area contributed by atoms with Crippen LogP contribution in [0.3, 0.4) is 0 Å². The zero-order valence-electron chi connectivity index (χ0n) is 11.7. The van der Waals surface area contributed by atoms with Crippen LogP contribution in [0.2, 0.25) is 0 Å². The number of hydrogen-bond acceptors (Lipinski definition) is 4. The van der Waals surface area contributed by atoms with Crippen LogP contribution in [0.4, 0.5) is 5.82 Å². The summed E-state index contributed by atoms with van der Waals surface area (Å²) in [4.78, 5) is 4.19. The van der Waals surface area contributed by atoms with E-state index >= 15 is 0 Å². The van der Waals surface area contributed by atoms with Gasteiger partial charge in [0, 0.05) is 18.0 Å². The number of thiophene rings is 1. The molecular weight excluding hydrogens is 288 g/mol. The van der Waals surface area contributed by atoms with Crippen LogP contribution in [0.25, 0.3) is 0 Å². The minimum atomic E-state index is 0.433. The average molecular weight is 306 g/mol. The summed E-state index contributed by atoms with van der Waals surface area (Å²) in [5, 5.41) is 6.62. The molecule has 2 aromatic rings. The second-order valence-corrected chi connectivity index (χ2v) is 6.68. The molecule has 2 N–H and O–H groups in total. The summed E-state index contributed by atoms with van der Waals surface area (Å²) < 4.78 is 1.91. The molecule has 20 heavy (non-hydrogen) atoms. The molecule has 0 amide bonds. The van der Waals surface area contributed by atoms with Crippen molar-refractivity contribution >= 4 is 34.4 Å². The van der Waals surface area contributed by atoms with Gasteiger partial charge in [0.25, 0.3) is 0 Å². The monoisotopic (exact) mass is 306 g/mol. The van der Waals surface area contributed by atoms with Crippen molar-refractivity contribution < 1.29 is 0 Å². The number of anilines is 1. The largest absolute Gasteiger partial charge is 0.389 e. The quantitative estimate of drug-likeness (QED) is 0.863. The first-order valence-electron chi connectivity index (χ1n) is 6.70. The SMILES string of the molecule is Cc1nn(C)c(N(Cc2cccs2)C2CC2)c1C(N)=S. The maximum atomic E-state index is 5.91. The molecule has 106 valence electrons. The molecule has 6 heteroatoms. The lowest BCUT2D eigenvalue weighted by molar-refractivity contribution is 0.694. The van der Waals surface area contributed by atoms with E-state index in [-0.39, 0.29) is 0 Å². The van der Waals surface area contributed by atoms with E-state index in [0.29, 0.717) is 11.0 Å². The Labute approximate surface area is 128 Å². The molecule has 0 radical (unpaired) electrons. The summed E-state index contributed by atoms with van der Waals surface area (Å²) >= 11 is 7.01. The van der Waals surface area contributed by atoms with Gasteiger partial charge in [-0.15, -0.1) is 11.3 Å². The maximum Gasteiger partial charge on any atom is 0.137 e. The van der Waals surface area contributed by atoms with Crippen molar-refractivity contribution in [2.75, 3.05) is 4.90 Å². The van der Waals surface area contributed by atoms with E-state index in [0.717, 1.165) is 23.6 Å². The summed E-state index contributed by atoms with van der Waals surface area (Å²) in [6.07, 6.45) is 2.46. The van der Waals surface area contributed by atoms with Crippen LogP contribution in [0.5, 0.6) is 0 Å². The smallest absolute Gasteiger partial charge is 0.137 e. The molecule has 0 spiro atoms. The molecule has 0 aliphatic heterocycles. The fourth-order valence-electron chi connectivity index (χ4n) is 2.60. The van der Waals surface area contributed by atoms with Gasteiger partial charge in [-0.05, 0) is 31.2 Å². The van der Waals surface area contributed by atoms with Crippen LogP contribution in [-0.2, 0) is 13.6 Å². The zero-order chi connectivity index (χ0) is 14.3. The molecule has 1 aliphatic rings. The van der Waals surface area contributed by atoms with E-state index < -0.39 is 0 Å². The number of aryl methyl sites for hydroxylation is 2. The average Bonchev–Trinajstić information content (AvgIpc) is 3.01. The number of rotatable bonds is 5. The molecule has 3 rings (SSSR count). The van der Waals surface area contributed by atoms with Crippen molar-refractivity contribution in [3.05, 3.63) is 33.6 Å². The highest BCUT2D eigenvalue weighted by molar-refractivity contribution is 7.80. The number of aromatic nitrogens is 2. The van der Waals surface area contributed by atoms with Crippen LogP contribution < -0.4 is 10.6 Å². The van der Waals surface area contributed by atoms with Crippen molar-refractivity contribution in [2.45, 2.75) is 32.4 Å². The van der Waals surface area contributed by atoms with Crippen molar-refractivity contribution in [2.24, 2.45) is 12.8 Å². The minimum absolute atomic E-state index is 0.433. The predicted molar refractivity (Wildman–Crippen MR) is 87.4 cm³/mol. The van der Waals surface area contributed by atoms with E-state index in [9.17, 15) is 0 Å². The Morgan fingerprint density at radius 2 is 2.35 bits per heavy atom. The van der Waals surface area contributed by atoms with Crippen molar-refractivity contribution in [1.82, 2.24) is 9.78 Å². The van der Waals surface area contributed by atoms with Crippen LogP contribution >= 0.6 is 23.6 Å². The Hall–Kier alpha value is -1.40. The fourth-order valence-corrected chi connectivity index (χ4v) is 3.54. The summed E-state index contributed by atoms with van der Waals surface area (Å²) in [6.45, 7) is 2.87. The molecular formula is C14H18N4S2. The summed E-state index contributed by atoms with van der Waals surface area (Å²) in [5.74, 6) is 1.06. The lowest BCUT2D eigenvalue weighted by atomic mass is 10.2. The second kappa shape index (κ2) is 5.18. The van der Waals surface area contributed by atoms with Gasteiger partial charge in [0.2, 0.25) is 0 Å². The Kier molecular flexibility index (Phi) is 3.52. The highest BCUT2D eigenvalue weighted by atomic mass is 32.1. The lowest BCUT2D eigenvalue weighted by Crippen LogP contribution is -2.29. The van der Waals surface area contributed by atoms with Gasteiger partial charge >= 0.3 is 0 Å². The Morgan fingerprint density at radius 1 is 1.60 bits per heavy atom. The van der Waals surface area contributed by atoms with E-state index in [2.05, 4.69) is 27.5 Å². The Bertz CT molecular complexity index is 626. The minimum Gasteiger partial charge on any atom is -0.389 e. The first kappa shape index (κ1) is 13.6. The molecule has 1 aliphatic carbocycles. The third-order valence-corrected chi connectivity index (χ3v) is 4.67. The number of thiocarbonyl (C=S) groups is 1. The van der Waals surface area contributed by atoms with Crippen LogP contribution in [0, 0.1) is 6.92 Å². The third-order valence-electron chi connectivity index (χ3n) is 3.60. The molecule has 0 unspecified atom stereocenters. The van der Waals surface area contributed by atoms with Gasteiger partial charge in [-0.25, -0.2) is 0 Å². The van der Waals surface area contributed by atoms with E-state index in [1.807, 2.05) is 18.7 Å². The van der Waals surface area contributed by atoms with Crippen LogP contribution in [0.1, 0.15) is 29.0 Å². The summed E-state index contributed by atoms with van der Waals surface area (Å²) in [7, 11) is 1.97. The van der Waals surface area contributed by atoms with Gasteiger partial charge in [-0.1, -0.05) is 18.3 Å². The first-order chi connectivity index (χ1) is 9.58. The zero-order valence-corrected chi connectivity index (χ0v) is 13.3. The van der Waals surface area contributed by atoms with Crippen LogP contribution in [0.15, 0.2) is 17.5 Å². The maximum absolute atomic E-state index is 5.91. The standard InChI is InChI=1S/C14H18N4S2/c1-9-12(13(15)19)14(17(2)16-9)18(10-5-6-10)8-11-4-3-7-20-11/h3-4,7,10H,5-6,8H2,1-2H3,(H2,15,19). The third kappa shape index (κ3) is 2.45. The molecule has 0 bridgehead atoms. The van der Waals surface area contributed by atoms with Gasteiger partial charge in [0.1, 0.15) is 10.8 Å². The number of hydrogen-bond donors (Lipinski definition) is 1. The van der Waals surface area contributed by atoms with Crippen molar-refractivity contribution in [3.8, 4) is 0 Å².